The van der Waals surface area contributed by atoms with E-state index in [0.29, 0.717) is 0 Å². The highest BCUT2D eigenvalue weighted by atomic mass is 32.2. The molecule has 0 aliphatic rings. The Hall–Kier alpha value is -2.99. The Balaban J connectivity index is 1.69. The van der Waals surface area contributed by atoms with Gasteiger partial charge in [-0.2, -0.15) is 0 Å². The van der Waals surface area contributed by atoms with Crippen molar-refractivity contribution in [2.75, 3.05) is 0 Å². The molecule has 3 N–H and O–H groups in total. The summed E-state index contributed by atoms with van der Waals surface area (Å²) >= 11 is 0. The van der Waals surface area contributed by atoms with Crippen LogP contribution in [0.4, 0.5) is 0 Å². The maximum atomic E-state index is 13.3. The summed E-state index contributed by atoms with van der Waals surface area (Å²) in [5.41, 5.74) is 10.0. The summed E-state index contributed by atoms with van der Waals surface area (Å²) in [7, 11) is -3.68. The number of rotatable bonds is 7. The standard InChI is InChI=1S/C26H26N2O2S/c1-19-16-17-20-10-8-9-15-23(20)24(19)18-31(29,30)28-26(22-13-6-3-7-14-22)25(27)21-11-4-2-5-12-21/h2-17,25-26,28H,18,27H2,1H3. The number of aryl methyl sites for hydroxylation is 1. The summed E-state index contributed by atoms with van der Waals surface area (Å²) < 4.78 is 29.6. The monoisotopic (exact) mass is 430 g/mol. The topological polar surface area (TPSA) is 72.2 Å². The van der Waals surface area contributed by atoms with Gasteiger partial charge in [0.2, 0.25) is 10.0 Å². The number of nitrogens with two attached hydrogens (primary N) is 1. The van der Waals surface area contributed by atoms with Crippen LogP contribution in [0.5, 0.6) is 0 Å². The molecule has 0 spiro atoms. The Bertz CT molecular complexity index is 1270. The van der Waals surface area contributed by atoms with E-state index in [9.17, 15) is 8.42 Å². The van der Waals surface area contributed by atoms with Crippen molar-refractivity contribution in [2.24, 2.45) is 5.73 Å². The first-order valence-electron chi connectivity index (χ1n) is 10.3. The fraction of sp³-hybridized carbons (Fsp3) is 0.154. The molecule has 0 fully saturated rings. The predicted octanol–water partition coefficient (Wildman–Crippen LogP) is 5.01. The van der Waals surface area contributed by atoms with Crippen molar-refractivity contribution in [3.8, 4) is 0 Å². The molecule has 4 aromatic rings. The van der Waals surface area contributed by atoms with Crippen LogP contribution in [0.25, 0.3) is 10.8 Å². The largest absolute Gasteiger partial charge is 0.322 e. The zero-order chi connectivity index (χ0) is 21.8. The van der Waals surface area contributed by atoms with E-state index in [1.165, 1.54) is 0 Å². The van der Waals surface area contributed by atoms with E-state index < -0.39 is 22.1 Å². The summed E-state index contributed by atoms with van der Waals surface area (Å²) in [4.78, 5) is 0. The van der Waals surface area contributed by atoms with Crippen LogP contribution >= 0.6 is 0 Å². The molecule has 0 aliphatic carbocycles. The Morgan fingerprint density at radius 1 is 0.774 bits per heavy atom. The van der Waals surface area contributed by atoms with Crippen molar-refractivity contribution in [1.82, 2.24) is 4.72 Å². The van der Waals surface area contributed by atoms with Gasteiger partial charge in [0, 0.05) is 0 Å². The molecule has 0 bridgehead atoms. The fourth-order valence-corrected chi connectivity index (χ4v) is 5.45. The lowest BCUT2D eigenvalue weighted by atomic mass is 9.95. The van der Waals surface area contributed by atoms with Crippen LogP contribution in [0.2, 0.25) is 0 Å². The maximum Gasteiger partial charge on any atom is 0.216 e. The molecule has 0 aliphatic heterocycles. The summed E-state index contributed by atoms with van der Waals surface area (Å²) in [6.07, 6.45) is 0. The maximum absolute atomic E-state index is 13.3. The van der Waals surface area contributed by atoms with Crippen molar-refractivity contribution >= 4 is 20.8 Å². The van der Waals surface area contributed by atoms with E-state index in [4.69, 9.17) is 5.73 Å². The molecule has 2 unspecified atom stereocenters. The average Bonchev–Trinajstić information content (AvgIpc) is 2.80. The molecule has 4 nitrogen and oxygen atoms in total. The Morgan fingerprint density at radius 2 is 1.35 bits per heavy atom. The van der Waals surface area contributed by atoms with Crippen molar-refractivity contribution in [2.45, 2.75) is 24.8 Å². The molecular formula is C26H26N2O2S. The minimum atomic E-state index is -3.68. The van der Waals surface area contributed by atoms with Crippen LogP contribution in [-0.4, -0.2) is 8.42 Å². The average molecular weight is 431 g/mol. The van der Waals surface area contributed by atoms with Gasteiger partial charge in [-0.1, -0.05) is 97.1 Å². The first-order valence-corrected chi connectivity index (χ1v) is 11.9. The molecule has 0 amide bonds. The van der Waals surface area contributed by atoms with Crippen LogP contribution in [0.3, 0.4) is 0 Å². The Labute approximate surface area is 183 Å². The number of hydrogen-bond donors (Lipinski definition) is 2. The van der Waals surface area contributed by atoms with Gasteiger partial charge in [0.25, 0.3) is 0 Å². The first kappa shape index (κ1) is 21.2. The summed E-state index contributed by atoms with van der Waals surface area (Å²) in [5.74, 6) is -0.106. The minimum absolute atomic E-state index is 0.106. The molecule has 4 rings (SSSR count). The SMILES string of the molecule is Cc1ccc2ccccc2c1CS(=O)(=O)NC(c1ccccc1)C(N)c1ccccc1. The van der Waals surface area contributed by atoms with Crippen molar-refractivity contribution < 1.29 is 8.42 Å². The van der Waals surface area contributed by atoms with E-state index in [-0.39, 0.29) is 5.75 Å². The van der Waals surface area contributed by atoms with Gasteiger partial charge in [0.05, 0.1) is 17.8 Å². The normalized spacial score (nSPS) is 13.7. The summed E-state index contributed by atoms with van der Waals surface area (Å²) in [6, 6.07) is 29.8. The minimum Gasteiger partial charge on any atom is -0.322 e. The second kappa shape index (κ2) is 9.02. The fourth-order valence-electron chi connectivity index (χ4n) is 3.94. The van der Waals surface area contributed by atoms with Crippen LogP contribution in [0.15, 0.2) is 97.1 Å². The van der Waals surface area contributed by atoms with Crippen LogP contribution in [0, 0.1) is 6.92 Å². The summed E-state index contributed by atoms with van der Waals surface area (Å²) in [6.45, 7) is 1.95. The number of benzene rings is 4. The molecule has 5 heteroatoms. The lowest BCUT2D eigenvalue weighted by Crippen LogP contribution is -2.36. The highest BCUT2D eigenvalue weighted by Crippen LogP contribution is 2.29. The smallest absolute Gasteiger partial charge is 0.216 e. The van der Waals surface area contributed by atoms with Crippen LogP contribution in [0.1, 0.15) is 34.3 Å². The second-order valence-electron chi connectivity index (χ2n) is 7.78. The second-order valence-corrected chi connectivity index (χ2v) is 9.54. The zero-order valence-electron chi connectivity index (χ0n) is 17.4. The Kier molecular flexibility index (Phi) is 6.18. The highest BCUT2D eigenvalue weighted by Gasteiger charge is 2.27. The zero-order valence-corrected chi connectivity index (χ0v) is 18.2. The lowest BCUT2D eigenvalue weighted by Gasteiger charge is -2.26. The Morgan fingerprint density at radius 3 is 2.03 bits per heavy atom. The van der Waals surface area contributed by atoms with Crippen molar-refractivity contribution in [1.29, 1.82) is 0 Å². The molecule has 0 heterocycles. The van der Waals surface area contributed by atoms with Gasteiger partial charge in [0.15, 0.2) is 0 Å². The molecule has 31 heavy (non-hydrogen) atoms. The van der Waals surface area contributed by atoms with Gasteiger partial charge in [-0.25, -0.2) is 13.1 Å². The van der Waals surface area contributed by atoms with Gasteiger partial charge in [0.1, 0.15) is 0 Å². The predicted molar refractivity (Wildman–Crippen MR) is 127 cm³/mol. The van der Waals surface area contributed by atoms with E-state index in [0.717, 1.165) is 33.0 Å². The van der Waals surface area contributed by atoms with Crippen LogP contribution < -0.4 is 10.5 Å². The molecule has 4 aromatic carbocycles. The van der Waals surface area contributed by atoms with E-state index in [2.05, 4.69) is 4.72 Å². The quantitative estimate of drug-likeness (QED) is 0.433. The number of sulfonamides is 1. The van der Waals surface area contributed by atoms with E-state index in [1.54, 1.807) is 0 Å². The number of hydrogen-bond acceptors (Lipinski definition) is 3. The van der Waals surface area contributed by atoms with E-state index in [1.807, 2.05) is 104 Å². The van der Waals surface area contributed by atoms with Gasteiger partial charge in [-0.3, -0.25) is 0 Å². The highest BCUT2D eigenvalue weighted by molar-refractivity contribution is 7.88. The molecule has 0 saturated heterocycles. The molecule has 0 saturated carbocycles. The van der Waals surface area contributed by atoms with Gasteiger partial charge in [-0.05, 0) is 39.9 Å². The molecule has 0 aromatic heterocycles. The molecule has 2 atom stereocenters. The summed E-state index contributed by atoms with van der Waals surface area (Å²) in [5, 5.41) is 1.98. The number of nitrogens with one attached hydrogen (secondary N) is 1. The van der Waals surface area contributed by atoms with Gasteiger partial charge in [-0.15, -0.1) is 0 Å². The number of fused-ring (bicyclic) bond motifs is 1. The van der Waals surface area contributed by atoms with Gasteiger partial charge < -0.3 is 5.73 Å². The third-order valence-corrected chi connectivity index (χ3v) is 6.90. The molecular weight excluding hydrogens is 404 g/mol. The molecule has 158 valence electrons. The lowest BCUT2D eigenvalue weighted by molar-refractivity contribution is 0.503. The van der Waals surface area contributed by atoms with Crippen molar-refractivity contribution in [3.63, 3.8) is 0 Å². The molecule has 0 radical (unpaired) electrons. The third-order valence-electron chi connectivity index (χ3n) is 5.62. The van der Waals surface area contributed by atoms with Crippen molar-refractivity contribution in [3.05, 3.63) is 119 Å². The third kappa shape index (κ3) is 4.85. The van der Waals surface area contributed by atoms with Gasteiger partial charge >= 0.3 is 0 Å². The van der Waals surface area contributed by atoms with Crippen LogP contribution in [-0.2, 0) is 15.8 Å². The van der Waals surface area contributed by atoms with E-state index >= 15 is 0 Å². The first-order chi connectivity index (χ1) is 14.9.